The van der Waals surface area contributed by atoms with Crippen LogP contribution < -0.4 is 10.9 Å². The Kier molecular flexibility index (Phi) is 3.99. The first-order chi connectivity index (χ1) is 8.65. The fourth-order valence-corrected chi connectivity index (χ4v) is 1.96. The van der Waals surface area contributed by atoms with E-state index in [1.54, 1.807) is 0 Å². The van der Waals surface area contributed by atoms with Crippen molar-refractivity contribution in [1.29, 1.82) is 0 Å². The van der Waals surface area contributed by atoms with E-state index >= 15 is 0 Å². The lowest BCUT2D eigenvalue weighted by molar-refractivity contribution is -0.120. The Morgan fingerprint density at radius 2 is 2.06 bits per heavy atom. The first-order valence-electron chi connectivity index (χ1n) is 5.42. The third-order valence-electron chi connectivity index (χ3n) is 2.44. The van der Waals surface area contributed by atoms with Crippen LogP contribution in [-0.4, -0.2) is 16.1 Å². The van der Waals surface area contributed by atoms with E-state index in [1.807, 2.05) is 24.3 Å². The molecule has 0 saturated heterocycles. The zero-order valence-electron chi connectivity index (χ0n) is 9.50. The van der Waals surface area contributed by atoms with Crippen molar-refractivity contribution in [2.75, 3.05) is 0 Å². The van der Waals surface area contributed by atoms with Gasteiger partial charge >= 0.3 is 0 Å². The third-order valence-corrected chi connectivity index (χ3v) is 3.21. The quantitative estimate of drug-likeness (QED) is 0.796. The van der Waals surface area contributed by atoms with Crippen LogP contribution in [0.15, 0.2) is 39.6 Å². The number of aromatic amines is 2. The van der Waals surface area contributed by atoms with Gasteiger partial charge in [-0.2, -0.15) is 0 Å². The monoisotopic (exact) mass is 309 g/mol. The minimum absolute atomic E-state index is 0.0936. The van der Waals surface area contributed by atoms with Crippen molar-refractivity contribution >= 4 is 21.8 Å². The minimum Gasteiger partial charge on any atom is -0.350 e. The van der Waals surface area contributed by atoms with Crippen LogP contribution in [0.1, 0.15) is 11.3 Å². The average molecular weight is 310 g/mol. The first-order valence-corrected chi connectivity index (χ1v) is 6.21. The molecule has 0 radical (unpaired) electrons. The maximum Gasteiger partial charge on any atom is 0.264 e. The Hall–Kier alpha value is -1.82. The predicted molar refractivity (Wildman–Crippen MR) is 71.1 cm³/mol. The zero-order valence-corrected chi connectivity index (χ0v) is 11.1. The molecule has 94 valence electrons. The summed E-state index contributed by atoms with van der Waals surface area (Å²) in [5, 5.41) is 7.82. The molecule has 0 unspecified atom stereocenters. The van der Waals surface area contributed by atoms with E-state index in [4.69, 9.17) is 0 Å². The normalized spacial score (nSPS) is 10.3. The molecule has 6 heteroatoms. The van der Waals surface area contributed by atoms with Crippen molar-refractivity contribution in [3.05, 3.63) is 56.4 Å². The van der Waals surface area contributed by atoms with E-state index in [2.05, 4.69) is 31.4 Å². The van der Waals surface area contributed by atoms with E-state index in [0.29, 0.717) is 18.7 Å². The van der Waals surface area contributed by atoms with Crippen LogP contribution in [-0.2, 0) is 17.8 Å². The molecule has 1 aromatic heterocycles. The maximum atomic E-state index is 11.7. The molecule has 2 aromatic rings. The van der Waals surface area contributed by atoms with Gasteiger partial charge < -0.3 is 10.4 Å². The standard InChI is InChI=1S/C12H12BrN3O2/c13-10-4-2-1-3-8(10)5-11(17)14-7-9-6-12(18)16-15-9/h1-4,6H,5,7H2,(H,14,17)(H2,15,16,18). The zero-order chi connectivity index (χ0) is 13.0. The molecule has 0 aliphatic carbocycles. The van der Waals surface area contributed by atoms with Crippen LogP contribution in [0.5, 0.6) is 0 Å². The van der Waals surface area contributed by atoms with Crippen LogP contribution in [0, 0.1) is 0 Å². The maximum absolute atomic E-state index is 11.7. The smallest absolute Gasteiger partial charge is 0.264 e. The van der Waals surface area contributed by atoms with Gasteiger partial charge in [-0.25, -0.2) is 0 Å². The number of rotatable bonds is 4. The molecule has 0 spiro atoms. The average Bonchev–Trinajstić information content (AvgIpc) is 2.76. The molecule has 0 aliphatic rings. The molecule has 0 bridgehead atoms. The summed E-state index contributed by atoms with van der Waals surface area (Å²) < 4.78 is 0.912. The molecule has 1 heterocycles. The van der Waals surface area contributed by atoms with E-state index in [1.165, 1.54) is 6.07 Å². The van der Waals surface area contributed by atoms with Crippen LogP contribution in [0.3, 0.4) is 0 Å². The molecular weight excluding hydrogens is 298 g/mol. The minimum atomic E-state index is -0.204. The molecule has 0 saturated carbocycles. The van der Waals surface area contributed by atoms with E-state index in [0.717, 1.165) is 10.0 Å². The number of amides is 1. The predicted octanol–water partition coefficient (Wildman–Crippen LogP) is 1.32. The number of benzene rings is 1. The van der Waals surface area contributed by atoms with Crippen molar-refractivity contribution in [2.24, 2.45) is 0 Å². The Labute approximate surface area is 112 Å². The van der Waals surface area contributed by atoms with Gasteiger partial charge in [0.25, 0.3) is 5.56 Å². The van der Waals surface area contributed by atoms with E-state index < -0.39 is 0 Å². The number of carbonyl (C=O) groups excluding carboxylic acids is 1. The molecule has 0 atom stereocenters. The SMILES string of the molecule is O=C(Cc1ccccc1Br)NCc1cc(=O)[nH][nH]1. The summed E-state index contributed by atoms with van der Waals surface area (Å²) in [6, 6.07) is 8.99. The first kappa shape index (κ1) is 12.6. The lowest BCUT2D eigenvalue weighted by Crippen LogP contribution is -2.24. The molecule has 3 N–H and O–H groups in total. The fourth-order valence-electron chi connectivity index (χ4n) is 1.54. The molecule has 2 rings (SSSR count). The van der Waals surface area contributed by atoms with Crippen LogP contribution in [0.25, 0.3) is 0 Å². The topological polar surface area (TPSA) is 77.8 Å². The number of H-pyrrole nitrogens is 2. The molecule has 0 fully saturated rings. The highest BCUT2D eigenvalue weighted by Crippen LogP contribution is 2.16. The summed E-state index contributed by atoms with van der Waals surface area (Å²) in [6.45, 7) is 0.308. The summed E-state index contributed by atoms with van der Waals surface area (Å²) in [4.78, 5) is 22.6. The van der Waals surface area contributed by atoms with Gasteiger partial charge in [0.1, 0.15) is 0 Å². The molecule has 0 aliphatic heterocycles. The van der Waals surface area contributed by atoms with Crippen molar-refractivity contribution < 1.29 is 4.79 Å². The number of aromatic nitrogens is 2. The largest absolute Gasteiger partial charge is 0.350 e. The highest BCUT2D eigenvalue weighted by molar-refractivity contribution is 9.10. The second kappa shape index (κ2) is 5.68. The summed E-state index contributed by atoms with van der Waals surface area (Å²) in [5.74, 6) is -0.0936. The number of nitrogens with one attached hydrogen (secondary N) is 3. The van der Waals surface area contributed by atoms with Gasteiger partial charge in [0.15, 0.2) is 0 Å². The summed E-state index contributed by atoms with van der Waals surface area (Å²) in [7, 11) is 0. The molecular formula is C12H12BrN3O2. The van der Waals surface area contributed by atoms with Crippen molar-refractivity contribution in [1.82, 2.24) is 15.5 Å². The number of carbonyl (C=O) groups is 1. The van der Waals surface area contributed by atoms with Gasteiger partial charge in [0.2, 0.25) is 5.91 Å². The van der Waals surface area contributed by atoms with E-state index in [-0.39, 0.29) is 11.5 Å². The number of hydrogen-bond donors (Lipinski definition) is 3. The van der Waals surface area contributed by atoms with Gasteiger partial charge in [-0.3, -0.25) is 14.7 Å². The second-order valence-corrected chi connectivity index (χ2v) is 4.68. The fraction of sp³-hybridized carbons (Fsp3) is 0.167. The second-order valence-electron chi connectivity index (χ2n) is 3.83. The summed E-state index contributed by atoms with van der Waals surface area (Å²) >= 11 is 3.39. The Morgan fingerprint density at radius 3 is 2.72 bits per heavy atom. The van der Waals surface area contributed by atoms with Crippen LogP contribution in [0.2, 0.25) is 0 Å². The molecule has 1 aromatic carbocycles. The van der Waals surface area contributed by atoms with Gasteiger partial charge in [0, 0.05) is 10.5 Å². The van der Waals surface area contributed by atoms with Crippen molar-refractivity contribution in [2.45, 2.75) is 13.0 Å². The molecule has 18 heavy (non-hydrogen) atoms. The highest BCUT2D eigenvalue weighted by atomic mass is 79.9. The Bertz CT molecular complexity index is 603. The Balaban J connectivity index is 1.90. The van der Waals surface area contributed by atoms with Gasteiger partial charge in [0.05, 0.1) is 18.7 Å². The molecule has 1 amide bonds. The van der Waals surface area contributed by atoms with Crippen molar-refractivity contribution in [3.8, 4) is 0 Å². The summed E-state index contributed by atoms with van der Waals surface area (Å²) in [5.41, 5.74) is 1.38. The lowest BCUT2D eigenvalue weighted by atomic mass is 10.1. The number of hydrogen-bond acceptors (Lipinski definition) is 2. The van der Waals surface area contributed by atoms with E-state index in [9.17, 15) is 9.59 Å². The van der Waals surface area contributed by atoms with Crippen LogP contribution in [0.4, 0.5) is 0 Å². The van der Waals surface area contributed by atoms with Crippen LogP contribution >= 0.6 is 15.9 Å². The lowest BCUT2D eigenvalue weighted by Gasteiger charge is -2.05. The molecule has 5 nitrogen and oxygen atoms in total. The van der Waals surface area contributed by atoms with Crippen molar-refractivity contribution in [3.63, 3.8) is 0 Å². The number of halogens is 1. The van der Waals surface area contributed by atoms with Gasteiger partial charge in [-0.05, 0) is 11.6 Å². The van der Waals surface area contributed by atoms with Gasteiger partial charge in [-0.1, -0.05) is 34.1 Å². The summed E-state index contributed by atoms with van der Waals surface area (Å²) in [6.07, 6.45) is 0.302. The Morgan fingerprint density at radius 1 is 1.28 bits per heavy atom. The van der Waals surface area contributed by atoms with Gasteiger partial charge in [-0.15, -0.1) is 0 Å². The highest BCUT2D eigenvalue weighted by Gasteiger charge is 2.06. The third kappa shape index (κ3) is 3.33.